The van der Waals surface area contributed by atoms with Crippen LogP contribution in [-0.2, 0) is 4.79 Å². The molecule has 0 spiro atoms. The van der Waals surface area contributed by atoms with Crippen molar-refractivity contribution < 1.29 is 22.4 Å². The minimum absolute atomic E-state index is 0.0678. The van der Waals surface area contributed by atoms with E-state index < -0.39 is 12.1 Å². The van der Waals surface area contributed by atoms with Crippen LogP contribution < -0.4 is 4.90 Å². The first-order valence-corrected chi connectivity index (χ1v) is 8.98. The molecule has 28 heavy (non-hydrogen) atoms. The number of carbonyl (C=O) groups excluding carboxylic acids is 1. The second-order valence-electron chi connectivity index (χ2n) is 6.17. The number of anilines is 1. The largest absolute Gasteiger partial charge is 0.471 e. The van der Waals surface area contributed by atoms with E-state index in [0.717, 1.165) is 27.9 Å². The van der Waals surface area contributed by atoms with Crippen molar-refractivity contribution in [1.29, 1.82) is 0 Å². The van der Waals surface area contributed by atoms with Crippen molar-refractivity contribution in [2.75, 3.05) is 11.9 Å². The van der Waals surface area contributed by atoms with Gasteiger partial charge in [-0.05, 0) is 35.0 Å². The highest BCUT2D eigenvalue weighted by molar-refractivity contribution is 9.10. The predicted molar refractivity (Wildman–Crippen MR) is 104 cm³/mol. The summed E-state index contributed by atoms with van der Waals surface area (Å²) < 4.78 is 44.8. The van der Waals surface area contributed by atoms with Gasteiger partial charge in [0.15, 0.2) is 5.58 Å². The van der Waals surface area contributed by atoms with Crippen molar-refractivity contribution in [2.45, 2.75) is 6.18 Å². The molecular formula is C20H12BrF3N2O2. The van der Waals surface area contributed by atoms with Crippen LogP contribution in [0, 0.1) is 0 Å². The molecule has 0 radical (unpaired) electrons. The summed E-state index contributed by atoms with van der Waals surface area (Å²) in [6.45, 7) is 0. The molecule has 0 aliphatic heterocycles. The number of hydrogen-bond donors (Lipinski definition) is 0. The average molecular weight is 449 g/mol. The molecule has 4 rings (SSSR count). The van der Waals surface area contributed by atoms with E-state index >= 15 is 0 Å². The van der Waals surface area contributed by atoms with Crippen molar-refractivity contribution in [3.05, 3.63) is 59.1 Å². The lowest BCUT2D eigenvalue weighted by Crippen LogP contribution is -2.38. The van der Waals surface area contributed by atoms with E-state index in [4.69, 9.17) is 4.42 Å². The molecule has 0 N–H and O–H groups in total. The second-order valence-corrected chi connectivity index (χ2v) is 7.03. The van der Waals surface area contributed by atoms with Crippen molar-refractivity contribution in [3.8, 4) is 11.5 Å². The summed E-state index contributed by atoms with van der Waals surface area (Å²) >= 11 is 3.51. The van der Waals surface area contributed by atoms with Crippen LogP contribution in [0.1, 0.15) is 0 Å². The molecule has 0 aliphatic rings. The lowest BCUT2D eigenvalue weighted by atomic mass is 10.0. The number of aromatic nitrogens is 1. The van der Waals surface area contributed by atoms with Crippen molar-refractivity contribution in [3.63, 3.8) is 0 Å². The van der Waals surface area contributed by atoms with Gasteiger partial charge in [0.1, 0.15) is 5.52 Å². The normalized spacial score (nSPS) is 11.9. The van der Waals surface area contributed by atoms with Crippen molar-refractivity contribution in [1.82, 2.24) is 4.98 Å². The maximum atomic E-state index is 12.7. The maximum absolute atomic E-state index is 12.7. The van der Waals surface area contributed by atoms with Crippen molar-refractivity contribution >= 4 is 49.4 Å². The van der Waals surface area contributed by atoms with Crippen LogP contribution in [-0.4, -0.2) is 24.1 Å². The van der Waals surface area contributed by atoms with Crippen LogP contribution in [0.5, 0.6) is 0 Å². The Bertz CT molecular complexity index is 1220. The zero-order valence-electron chi connectivity index (χ0n) is 14.4. The highest BCUT2D eigenvalue weighted by atomic mass is 79.9. The number of rotatable bonds is 2. The van der Waals surface area contributed by atoms with Gasteiger partial charge in [-0.1, -0.05) is 40.2 Å². The average Bonchev–Trinajstić information content (AvgIpc) is 3.09. The number of amides is 1. The number of alkyl halides is 3. The first kappa shape index (κ1) is 18.5. The lowest BCUT2D eigenvalue weighted by Gasteiger charge is -2.18. The SMILES string of the molecule is CN(C(=O)C(F)(F)F)c1ccc2nc(-c3cccc4c(Br)cccc34)oc2c1. The zero-order chi connectivity index (χ0) is 20.1. The Balaban J connectivity index is 1.80. The molecule has 0 saturated carbocycles. The Labute approximate surface area is 165 Å². The van der Waals surface area contributed by atoms with Gasteiger partial charge >= 0.3 is 12.1 Å². The molecule has 0 fully saturated rings. The predicted octanol–water partition coefficient (Wildman–Crippen LogP) is 5.94. The van der Waals surface area contributed by atoms with E-state index in [1.165, 1.54) is 18.2 Å². The molecule has 1 amide bonds. The molecule has 0 saturated heterocycles. The number of carbonyl (C=O) groups is 1. The van der Waals surface area contributed by atoms with Crippen LogP contribution in [0.15, 0.2) is 63.5 Å². The summed E-state index contributed by atoms with van der Waals surface area (Å²) in [5.74, 6) is -1.61. The quantitative estimate of drug-likeness (QED) is 0.381. The fraction of sp³-hybridized carbons (Fsp3) is 0.100. The number of oxazole rings is 1. The Morgan fingerprint density at radius 1 is 1.07 bits per heavy atom. The fourth-order valence-electron chi connectivity index (χ4n) is 3.00. The summed E-state index contributed by atoms with van der Waals surface area (Å²) in [7, 11) is 1.07. The van der Waals surface area contributed by atoms with Gasteiger partial charge in [-0.25, -0.2) is 4.98 Å². The Morgan fingerprint density at radius 3 is 2.54 bits per heavy atom. The molecule has 0 bridgehead atoms. The molecule has 4 aromatic rings. The van der Waals surface area contributed by atoms with Gasteiger partial charge in [0.25, 0.3) is 0 Å². The van der Waals surface area contributed by atoms with Gasteiger partial charge in [0, 0.05) is 28.8 Å². The highest BCUT2D eigenvalue weighted by Crippen LogP contribution is 2.34. The van der Waals surface area contributed by atoms with Gasteiger partial charge in [0.05, 0.1) is 0 Å². The summed E-state index contributed by atoms with van der Waals surface area (Å²) in [6, 6.07) is 15.8. The zero-order valence-corrected chi connectivity index (χ0v) is 16.0. The summed E-state index contributed by atoms with van der Waals surface area (Å²) in [5.41, 5.74) is 1.61. The number of hydrogen-bond acceptors (Lipinski definition) is 3. The summed E-state index contributed by atoms with van der Waals surface area (Å²) in [5, 5.41) is 1.91. The smallest absolute Gasteiger partial charge is 0.436 e. The Hall–Kier alpha value is -2.87. The standard InChI is InChI=1S/C20H12BrF3N2O2/c1-26(19(27)20(22,23)24)11-8-9-16-17(10-11)28-18(25-16)14-6-2-5-13-12(14)4-3-7-15(13)21/h2-10H,1H3. The van der Waals surface area contributed by atoms with E-state index in [1.54, 1.807) is 0 Å². The Morgan fingerprint density at radius 2 is 1.79 bits per heavy atom. The number of fused-ring (bicyclic) bond motifs is 2. The molecule has 8 heteroatoms. The molecule has 142 valence electrons. The van der Waals surface area contributed by atoms with Gasteiger partial charge in [0.2, 0.25) is 5.89 Å². The highest BCUT2D eigenvalue weighted by Gasteiger charge is 2.41. The van der Waals surface area contributed by atoms with E-state index in [9.17, 15) is 18.0 Å². The van der Waals surface area contributed by atoms with Crippen molar-refractivity contribution in [2.24, 2.45) is 0 Å². The minimum atomic E-state index is -4.95. The van der Waals surface area contributed by atoms with E-state index in [1.807, 2.05) is 36.4 Å². The van der Waals surface area contributed by atoms with Gasteiger partial charge in [-0.2, -0.15) is 13.2 Å². The van der Waals surface area contributed by atoms with Gasteiger partial charge in [-0.15, -0.1) is 0 Å². The molecule has 0 atom stereocenters. The lowest BCUT2D eigenvalue weighted by molar-refractivity contribution is -0.170. The van der Waals surface area contributed by atoms with E-state index in [-0.39, 0.29) is 5.69 Å². The first-order chi connectivity index (χ1) is 13.3. The van der Waals surface area contributed by atoms with Gasteiger partial charge < -0.3 is 9.32 Å². The second kappa shape index (κ2) is 6.63. The minimum Gasteiger partial charge on any atom is -0.436 e. The maximum Gasteiger partial charge on any atom is 0.471 e. The monoisotopic (exact) mass is 448 g/mol. The number of benzene rings is 3. The van der Waals surface area contributed by atoms with Crippen LogP contribution in [0.2, 0.25) is 0 Å². The summed E-state index contributed by atoms with van der Waals surface area (Å²) in [4.78, 5) is 16.4. The molecule has 4 nitrogen and oxygen atoms in total. The number of halogens is 4. The molecule has 0 aliphatic carbocycles. The third-order valence-electron chi connectivity index (χ3n) is 4.41. The van der Waals surface area contributed by atoms with Gasteiger partial charge in [-0.3, -0.25) is 4.79 Å². The Kier molecular flexibility index (Phi) is 4.38. The summed E-state index contributed by atoms with van der Waals surface area (Å²) in [6.07, 6.45) is -4.95. The van der Waals surface area contributed by atoms with Crippen LogP contribution in [0.4, 0.5) is 18.9 Å². The fourth-order valence-corrected chi connectivity index (χ4v) is 3.50. The number of nitrogens with zero attached hydrogens (tertiary/aromatic N) is 2. The topological polar surface area (TPSA) is 46.3 Å². The third-order valence-corrected chi connectivity index (χ3v) is 5.10. The molecule has 1 aromatic heterocycles. The van der Waals surface area contributed by atoms with Crippen LogP contribution in [0.25, 0.3) is 33.3 Å². The molecule has 0 unspecified atom stereocenters. The molecule has 3 aromatic carbocycles. The van der Waals surface area contributed by atoms with Crippen LogP contribution in [0.3, 0.4) is 0 Å². The third kappa shape index (κ3) is 3.13. The first-order valence-electron chi connectivity index (χ1n) is 8.19. The molecule has 1 heterocycles. The van der Waals surface area contributed by atoms with E-state index in [0.29, 0.717) is 21.9 Å². The molecular weight excluding hydrogens is 437 g/mol. The van der Waals surface area contributed by atoms with Crippen LogP contribution >= 0.6 is 15.9 Å². The van der Waals surface area contributed by atoms with E-state index in [2.05, 4.69) is 20.9 Å².